The number of rotatable bonds is 7. The summed E-state index contributed by atoms with van der Waals surface area (Å²) >= 11 is 0. The summed E-state index contributed by atoms with van der Waals surface area (Å²) < 4.78 is 0. The van der Waals surface area contributed by atoms with Crippen molar-refractivity contribution in [3.05, 3.63) is 23.0 Å². The molecular weight excluding hydrogens is 240 g/mol. The Morgan fingerprint density at radius 1 is 1.32 bits per heavy atom. The van der Waals surface area contributed by atoms with Gasteiger partial charge < -0.3 is 10.6 Å². The fraction of sp³-hybridized carbons (Fsp3) is 0.643. The van der Waals surface area contributed by atoms with Crippen molar-refractivity contribution in [3.63, 3.8) is 0 Å². The zero-order chi connectivity index (χ0) is 14.3. The van der Waals surface area contributed by atoms with Gasteiger partial charge in [-0.25, -0.2) is 0 Å². The van der Waals surface area contributed by atoms with E-state index in [4.69, 9.17) is 5.73 Å². The van der Waals surface area contributed by atoms with Gasteiger partial charge in [-0.3, -0.25) is 4.79 Å². The van der Waals surface area contributed by atoms with Crippen LogP contribution in [0.15, 0.2) is 6.07 Å². The molecule has 19 heavy (non-hydrogen) atoms. The molecule has 2 N–H and O–H groups in total. The van der Waals surface area contributed by atoms with Crippen molar-refractivity contribution >= 4 is 5.91 Å². The molecule has 0 spiro atoms. The molecule has 0 saturated carbocycles. The average Bonchev–Trinajstić information content (AvgIpc) is 2.42. The third kappa shape index (κ3) is 4.28. The van der Waals surface area contributed by atoms with E-state index < -0.39 is 0 Å². The standard InChI is InChI=1S/C14H24N4O/c1-4-6-8-18(9-7-15)14(19)12-10-11(3)16-17-13(12)5-2/h10H,4-9,15H2,1-3H3. The van der Waals surface area contributed by atoms with Gasteiger partial charge in [0.15, 0.2) is 0 Å². The van der Waals surface area contributed by atoms with Gasteiger partial charge in [0, 0.05) is 19.6 Å². The highest BCUT2D eigenvalue weighted by Gasteiger charge is 2.19. The van der Waals surface area contributed by atoms with Crippen molar-refractivity contribution in [2.45, 2.75) is 40.0 Å². The molecule has 1 amide bonds. The van der Waals surface area contributed by atoms with E-state index in [0.717, 1.165) is 30.8 Å². The number of hydrogen-bond donors (Lipinski definition) is 1. The number of aromatic nitrogens is 2. The quantitative estimate of drug-likeness (QED) is 0.811. The molecule has 0 aliphatic carbocycles. The van der Waals surface area contributed by atoms with Crippen LogP contribution in [0.1, 0.15) is 48.4 Å². The van der Waals surface area contributed by atoms with E-state index in [-0.39, 0.29) is 5.91 Å². The highest BCUT2D eigenvalue weighted by Crippen LogP contribution is 2.11. The van der Waals surface area contributed by atoms with Crippen LogP contribution < -0.4 is 5.73 Å². The average molecular weight is 264 g/mol. The Bertz CT molecular complexity index is 420. The summed E-state index contributed by atoms with van der Waals surface area (Å²) in [6.45, 7) is 7.76. The molecular formula is C14H24N4O. The third-order valence-electron chi connectivity index (χ3n) is 3.03. The maximum absolute atomic E-state index is 12.6. The Morgan fingerprint density at radius 3 is 2.63 bits per heavy atom. The van der Waals surface area contributed by atoms with E-state index in [9.17, 15) is 4.79 Å². The van der Waals surface area contributed by atoms with Crippen LogP contribution in [0, 0.1) is 6.92 Å². The van der Waals surface area contributed by atoms with Crippen LogP contribution in [-0.2, 0) is 6.42 Å². The Kier molecular flexibility index (Phi) is 6.42. The fourth-order valence-corrected chi connectivity index (χ4v) is 1.95. The van der Waals surface area contributed by atoms with Gasteiger partial charge >= 0.3 is 0 Å². The molecule has 5 nitrogen and oxygen atoms in total. The summed E-state index contributed by atoms with van der Waals surface area (Å²) in [7, 11) is 0. The van der Waals surface area contributed by atoms with Crippen LogP contribution in [0.5, 0.6) is 0 Å². The normalized spacial score (nSPS) is 10.5. The topological polar surface area (TPSA) is 72.1 Å². The minimum absolute atomic E-state index is 0.0220. The molecule has 1 aromatic rings. The molecule has 0 aliphatic heterocycles. The maximum atomic E-state index is 12.6. The molecule has 0 atom stereocenters. The van der Waals surface area contributed by atoms with Gasteiger partial charge in [0.1, 0.15) is 0 Å². The maximum Gasteiger partial charge on any atom is 0.255 e. The molecule has 0 saturated heterocycles. The molecule has 5 heteroatoms. The number of carbonyl (C=O) groups is 1. The molecule has 1 heterocycles. The van der Waals surface area contributed by atoms with Gasteiger partial charge in [0.2, 0.25) is 0 Å². The third-order valence-corrected chi connectivity index (χ3v) is 3.03. The zero-order valence-corrected chi connectivity index (χ0v) is 12.1. The highest BCUT2D eigenvalue weighted by atomic mass is 16.2. The van der Waals surface area contributed by atoms with E-state index in [1.54, 1.807) is 0 Å². The smallest absolute Gasteiger partial charge is 0.255 e. The molecule has 0 bridgehead atoms. The number of hydrogen-bond acceptors (Lipinski definition) is 4. The van der Waals surface area contributed by atoms with Crippen LogP contribution in [0.2, 0.25) is 0 Å². The van der Waals surface area contributed by atoms with Gasteiger partial charge in [0.05, 0.1) is 17.0 Å². The Hall–Kier alpha value is -1.49. The summed E-state index contributed by atoms with van der Waals surface area (Å²) in [5.41, 5.74) is 7.79. The summed E-state index contributed by atoms with van der Waals surface area (Å²) in [4.78, 5) is 14.4. The lowest BCUT2D eigenvalue weighted by molar-refractivity contribution is 0.0756. The molecule has 0 unspecified atom stereocenters. The van der Waals surface area contributed by atoms with Crippen LogP contribution in [0.4, 0.5) is 0 Å². The number of amides is 1. The second-order valence-corrected chi connectivity index (χ2v) is 4.63. The summed E-state index contributed by atoms with van der Waals surface area (Å²) in [5.74, 6) is 0.0220. The van der Waals surface area contributed by atoms with Crippen molar-refractivity contribution < 1.29 is 4.79 Å². The predicted molar refractivity (Wildman–Crippen MR) is 76.0 cm³/mol. The van der Waals surface area contributed by atoms with Crippen molar-refractivity contribution in [1.82, 2.24) is 15.1 Å². The van der Waals surface area contributed by atoms with Crippen molar-refractivity contribution in [2.24, 2.45) is 5.73 Å². The predicted octanol–water partition coefficient (Wildman–Crippen LogP) is 1.55. The van der Waals surface area contributed by atoms with Crippen molar-refractivity contribution in [2.75, 3.05) is 19.6 Å². The first-order valence-electron chi connectivity index (χ1n) is 6.96. The van der Waals surface area contributed by atoms with Crippen molar-refractivity contribution in [1.29, 1.82) is 0 Å². The van der Waals surface area contributed by atoms with Crippen LogP contribution in [-0.4, -0.2) is 40.6 Å². The zero-order valence-electron chi connectivity index (χ0n) is 12.1. The molecule has 1 rings (SSSR count). The molecule has 0 radical (unpaired) electrons. The molecule has 1 aromatic heterocycles. The molecule has 106 valence electrons. The molecule has 0 fully saturated rings. The van der Waals surface area contributed by atoms with E-state index in [2.05, 4.69) is 17.1 Å². The number of unbranched alkanes of at least 4 members (excludes halogenated alkanes) is 1. The first kappa shape index (κ1) is 15.6. The minimum Gasteiger partial charge on any atom is -0.337 e. The Balaban J connectivity index is 2.97. The molecule has 0 aromatic carbocycles. The summed E-state index contributed by atoms with van der Waals surface area (Å²) in [6.07, 6.45) is 2.76. The summed E-state index contributed by atoms with van der Waals surface area (Å²) in [6, 6.07) is 1.82. The lowest BCUT2D eigenvalue weighted by Crippen LogP contribution is -2.36. The SMILES string of the molecule is CCCCN(CCN)C(=O)c1cc(C)nnc1CC. The lowest BCUT2D eigenvalue weighted by atomic mass is 10.1. The van der Waals surface area contributed by atoms with E-state index in [1.165, 1.54) is 0 Å². The Morgan fingerprint density at radius 2 is 2.05 bits per heavy atom. The van der Waals surface area contributed by atoms with Crippen LogP contribution in [0.3, 0.4) is 0 Å². The number of nitrogens with two attached hydrogens (primary N) is 1. The molecule has 0 aliphatic rings. The monoisotopic (exact) mass is 264 g/mol. The minimum atomic E-state index is 0.0220. The largest absolute Gasteiger partial charge is 0.337 e. The summed E-state index contributed by atoms with van der Waals surface area (Å²) in [5, 5.41) is 8.13. The van der Waals surface area contributed by atoms with Gasteiger partial charge in [-0.1, -0.05) is 20.3 Å². The lowest BCUT2D eigenvalue weighted by Gasteiger charge is -2.22. The number of carbonyl (C=O) groups excluding carboxylic acids is 1. The van der Waals surface area contributed by atoms with E-state index in [1.807, 2.05) is 24.8 Å². The highest BCUT2D eigenvalue weighted by molar-refractivity contribution is 5.95. The van der Waals surface area contributed by atoms with Gasteiger partial charge in [-0.05, 0) is 25.8 Å². The number of nitrogens with zero attached hydrogens (tertiary/aromatic N) is 3. The van der Waals surface area contributed by atoms with Crippen molar-refractivity contribution in [3.8, 4) is 0 Å². The first-order valence-corrected chi connectivity index (χ1v) is 6.96. The first-order chi connectivity index (χ1) is 9.13. The van der Waals surface area contributed by atoms with E-state index >= 15 is 0 Å². The van der Waals surface area contributed by atoms with E-state index in [0.29, 0.717) is 25.1 Å². The van der Waals surface area contributed by atoms with Crippen LogP contribution >= 0.6 is 0 Å². The van der Waals surface area contributed by atoms with Gasteiger partial charge in [0.25, 0.3) is 5.91 Å². The van der Waals surface area contributed by atoms with Crippen LogP contribution in [0.25, 0.3) is 0 Å². The Labute approximate surface area is 115 Å². The number of aryl methyl sites for hydroxylation is 2. The van der Waals surface area contributed by atoms with Gasteiger partial charge in [-0.2, -0.15) is 10.2 Å². The van der Waals surface area contributed by atoms with Gasteiger partial charge in [-0.15, -0.1) is 0 Å². The second kappa shape index (κ2) is 7.84. The fourth-order valence-electron chi connectivity index (χ4n) is 1.95. The second-order valence-electron chi connectivity index (χ2n) is 4.63.